The highest BCUT2D eigenvalue weighted by atomic mass is 16.5. The Hall–Kier alpha value is -2.77. The van der Waals surface area contributed by atoms with Crippen LogP contribution in [0, 0.1) is 11.8 Å². The van der Waals surface area contributed by atoms with Crippen LogP contribution in [0.15, 0.2) is 18.2 Å². The van der Waals surface area contributed by atoms with Crippen molar-refractivity contribution in [2.24, 2.45) is 11.8 Å². The molecule has 25 heavy (non-hydrogen) atoms. The van der Waals surface area contributed by atoms with E-state index in [0.29, 0.717) is 24.3 Å². The molecule has 0 bridgehead atoms. The van der Waals surface area contributed by atoms with E-state index in [1.165, 1.54) is 0 Å². The number of hydrogen-bond acceptors (Lipinski definition) is 5. The molecule has 1 aromatic carbocycles. The molecule has 1 saturated heterocycles. The van der Waals surface area contributed by atoms with Crippen molar-refractivity contribution in [2.75, 3.05) is 14.2 Å². The number of carboxylic acids is 1. The summed E-state index contributed by atoms with van der Waals surface area (Å²) in [7, 11) is 3.10. The molecule has 3 atom stereocenters. The van der Waals surface area contributed by atoms with Gasteiger partial charge in [-0.05, 0) is 43.0 Å². The molecule has 1 aliphatic heterocycles. The number of methoxy groups -OCH3 is 2. The van der Waals surface area contributed by atoms with E-state index in [4.69, 9.17) is 9.47 Å². The van der Waals surface area contributed by atoms with Gasteiger partial charge in [0.15, 0.2) is 0 Å². The minimum Gasteiger partial charge on any atom is -0.497 e. The van der Waals surface area contributed by atoms with Crippen molar-refractivity contribution in [1.82, 2.24) is 10.6 Å². The van der Waals surface area contributed by atoms with Crippen molar-refractivity contribution >= 4 is 17.9 Å². The molecule has 0 aromatic heterocycles. The summed E-state index contributed by atoms with van der Waals surface area (Å²) < 4.78 is 10.6. The van der Waals surface area contributed by atoms with Crippen LogP contribution in [0.3, 0.4) is 0 Å². The van der Waals surface area contributed by atoms with Gasteiger partial charge < -0.3 is 19.9 Å². The number of rotatable bonds is 7. The number of carbonyl (C=O) groups excluding carboxylic acids is 2. The molecule has 0 spiro atoms. The molecule has 3 rings (SSSR count). The number of amides is 3. The molecular formula is C17H20N2O6. The Labute approximate surface area is 144 Å². The Bertz CT molecular complexity index is 734. The summed E-state index contributed by atoms with van der Waals surface area (Å²) in [5.41, 5.74) is -0.378. The third kappa shape index (κ3) is 2.99. The van der Waals surface area contributed by atoms with Crippen LogP contribution in [0.2, 0.25) is 0 Å². The zero-order chi connectivity index (χ0) is 18.2. The summed E-state index contributed by atoms with van der Waals surface area (Å²) in [4.78, 5) is 35.3. The number of ether oxygens (including phenoxy) is 2. The number of aryl methyl sites for hydroxylation is 1. The highest BCUT2D eigenvalue weighted by molar-refractivity contribution is 6.08. The SMILES string of the molecule is COc1ccc(OC)c(CCC2(C3CC3C(=O)O)NC(=O)NC2=O)c1. The van der Waals surface area contributed by atoms with E-state index in [1.54, 1.807) is 26.4 Å². The van der Waals surface area contributed by atoms with Gasteiger partial charge in [-0.2, -0.15) is 0 Å². The van der Waals surface area contributed by atoms with Crippen LogP contribution >= 0.6 is 0 Å². The highest BCUT2D eigenvalue weighted by Gasteiger charge is 2.62. The second-order valence-electron chi connectivity index (χ2n) is 6.34. The van der Waals surface area contributed by atoms with Crippen LogP contribution in [0.25, 0.3) is 0 Å². The number of benzene rings is 1. The van der Waals surface area contributed by atoms with Gasteiger partial charge in [-0.15, -0.1) is 0 Å². The quantitative estimate of drug-likeness (QED) is 0.632. The minimum absolute atomic E-state index is 0.280. The monoisotopic (exact) mass is 348 g/mol. The summed E-state index contributed by atoms with van der Waals surface area (Å²) in [5.74, 6) is -1.14. The predicted octanol–water partition coefficient (Wildman–Crippen LogP) is 0.935. The second kappa shape index (κ2) is 6.27. The molecule has 1 saturated carbocycles. The average molecular weight is 348 g/mol. The van der Waals surface area contributed by atoms with Gasteiger partial charge in [-0.1, -0.05) is 0 Å². The molecule has 1 heterocycles. The fourth-order valence-corrected chi connectivity index (χ4v) is 3.55. The normalized spacial score (nSPS) is 27.4. The van der Waals surface area contributed by atoms with Crippen molar-refractivity contribution in [3.63, 3.8) is 0 Å². The smallest absolute Gasteiger partial charge is 0.322 e. The third-order valence-electron chi connectivity index (χ3n) is 4.99. The Kier molecular flexibility index (Phi) is 4.28. The lowest BCUT2D eigenvalue weighted by Gasteiger charge is -2.26. The highest BCUT2D eigenvalue weighted by Crippen LogP contribution is 2.49. The van der Waals surface area contributed by atoms with E-state index < -0.39 is 35.3 Å². The van der Waals surface area contributed by atoms with Crippen LogP contribution in [0.4, 0.5) is 4.79 Å². The van der Waals surface area contributed by atoms with E-state index in [1.807, 2.05) is 6.07 Å². The summed E-state index contributed by atoms with van der Waals surface area (Å²) in [6.07, 6.45) is 1.08. The summed E-state index contributed by atoms with van der Waals surface area (Å²) >= 11 is 0. The van der Waals surface area contributed by atoms with Gasteiger partial charge in [0.2, 0.25) is 0 Å². The van der Waals surface area contributed by atoms with Gasteiger partial charge in [-0.25, -0.2) is 4.79 Å². The molecule has 1 aromatic rings. The Morgan fingerprint density at radius 3 is 2.60 bits per heavy atom. The number of carboxylic acid groups (broad SMARTS) is 1. The molecule has 2 fully saturated rings. The van der Waals surface area contributed by atoms with Crippen LogP contribution in [0.1, 0.15) is 18.4 Å². The van der Waals surface area contributed by atoms with Crippen LogP contribution in [0.5, 0.6) is 11.5 Å². The van der Waals surface area contributed by atoms with E-state index in [2.05, 4.69) is 10.6 Å². The molecule has 8 nitrogen and oxygen atoms in total. The van der Waals surface area contributed by atoms with Gasteiger partial charge in [0, 0.05) is 5.92 Å². The lowest BCUT2D eigenvalue weighted by Crippen LogP contribution is -2.50. The van der Waals surface area contributed by atoms with Crippen molar-refractivity contribution < 1.29 is 29.0 Å². The number of imide groups is 1. The predicted molar refractivity (Wildman–Crippen MR) is 86.5 cm³/mol. The van der Waals surface area contributed by atoms with Crippen molar-refractivity contribution in [2.45, 2.75) is 24.8 Å². The Morgan fingerprint density at radius 1 is 1.32 bits per heavy atom. The maximum absolute atomic E-state index is 12.4. The largest absolute Gasteiger partial charge is 0.497 e. The van der Waals surface area contributed by atoms with Crippen LogP contribution in [-0.4, -0.2) is 42.8 Å². The molecule has 2 aliphatic rings. The maximum atomic E-state index is 12.4. The lowest BCUT2D eigenvalue weighted by molar-refractivity contribution is -0.139. The maximum Gasteiger partial charge on any atom is 0.322 e. The Balaban J connectivity index is 1.84. The summed E-state index contributed by atoms with van der Waals surface area (Å²) in [5, 5.41) is 14.1. The summed E-state index contributed by atoms with van der Waals surface area (Å²) in [6, 6.07) is 4.76. The van der Waals surface area contributed by atoms with Crippen LogP contribution in [-0.2, 0) is 16.0 Å². The van der Waals surface area contributed by atoms with Crippen LogP contribution < -0.4 is 20.1 Å². The standard InChI is InChI=1S/C17H20N2O6/c1-24-10-3-4-13(25-2)9(7-10)5-6-17(12-8-11(12)14(20)21)15(22)18-16(23)19-17/h3-4,7,11-12H,5-6,8H2,1-2H3,(H,20,21)(H2,18,19,22,23). The number of carbonyl (C=O) groups is 3. The lowest BCUT2D eigenvalue weighted by atomic mass is 9.85. The molecule has 8 heteroatoms. The van der Waals surface area contributed by atoms with Gasteiger partial charge >= 0.3 is 12.0 Å². The van der Waals surface area contributed by atoms with E-state index in [9.17, 15) is 19.5 Å². The van der Waals surface area contributed by atoms with Gasteiger partial charge in [0.25, 0.3) is 5.91 Å². The molecular weight excluding hydrogens is 328 g/mol. The molecule has 3 amide bonds. The van der Waals surface area contributed by atoms with Gasteiger partial charge in [-0.3, -0.25) is 14.9 Å². The average Bonchev–Trinajstić information content (AvgIpc) is 3.34. The topological polar surface area (TPSA) is 114 Å². The fraction of sp³-hybridized carbons (Fsp3) is 0.471. The van der Waals surface area contributed by atoms with Gasteiger partial charge in [0.05, 0.1) is 20.1 Å². The molecule has 134 valence electrons. The number of nitrogens with one attached hydrogen (secondary N) is 2. The van der Waals surface area contributed by atoms with E-state index in [-0.39, 0.29) is 6.42 Å². The van der Waals surface area contributed by atoms with Crippen molar-refractivity contribution in [1.29, 1.82) is 0 Å². The first-order chi connectivity index (χ1) is 11.9. The van der Waals surface area contributed by atoms with Crippen molar-refractivity contribution in [3.05, 3.63) is 23.8 Å². The van der Waals surface area contributed by atoms with E-state index in [0.717, 1.165) is 5.56 Å². The number of urea groups is 1. The molecule has 0 radical (unpaired) electrons. The zero-order valence-corrected chi connectivity index (χ0v) is 14.0. The molecule has 3 unspecified atom stereocenters. The Morgan fingerprint density at radius 2 is 2.08 bits per heavy atom. The first-order valence-corrected chi connectivity index (χ1v) is 7.98. The molecule has 3 N–H and O–H groups in total. The first-order valence-electron chi connectivity index (χ1n) is 7.98. The zero-order valence-electron chi connectivity index (χ0n) is 14.0. The van der Waals surface area contributed by atoms with E-state index >= 15 is 0 Å². The minimum atomic E-state index is -1.20. The second-order valence-corrected chi connectivity index (χ2v) is 6.34. The summed E-state index contributed by atoms with van der Waals surface area (Å²) in [6.45, 7) is 0. The third-order valence-corrected chi connectivity index (χ3v) is 4.99. The van der Waals surface area contributed by atoms with Gasteiger partial charge in [0.1, 0.15) is 17.0 Å². The van der Waals surface area contributed by atoms with Crippen molar-refractivity contribution in [3.8, 4) is 11.5 Å². The first kappa shape index (κ1) is 17.1. The number of aliphatic carboxylic acids is 1. The number of hydrogen-bond donors (Lipinski definition) is 3. The molecule has 1 aliphatic carbocycles. The fourth-order valence-electron chi connectivity index (χ4n) is 3.55.